The predicted octanol–water partition coefficient (Wildman–Crippen LogP) is 3.19. The Morgan fingerprint density at radius 1 is 1.31 bits per heavy atom. The lowest BCUT2D eigenvalue weighted by atomic mass is 10.0. The molecule has 5 rings (SSSR count). The molecule has 1 aromatic carbocycles. The molecule has 0 spiro atoms. The molecule has 2 atom stereocenters. The van der Waals surface area contributed by atoms with E-state index in [0.29, 0.717) is 23.7 Å². The number of hydrogen-bond donors (Lipinski definition) is 1. The number of pyridine rings is 1. The molecule has 3 amide bonds. The SMILES string of the molecule is Cc1cncc(C2=C[C@H]3C[C@@H]2N(C(=O)CN2Cc4cc(F)ccc4NC2=O)C3)c1. The average molecular weight is 392 g/mol. The predicted molar refractivity (Wildman–Crippen MR) is 106 cm³/mol. The number of halogens is 1. The maximum absolute atomic E-state index is 13.5. The van der Waals surface area contributed by atoms with Gasteiger partial charge in [0.2, 0.25) is 5.91 Å². The van der Waals surface area contributed by atoms with E-state index in [4.69, 9.17) is 0 Å². The molecule has 6 nitrogen and oxygen atoms in total. The highest BCUT2D eigenvalue weighted by atomic mass is 19.1. The number of aromatic nitrogens is 1. The number of likely N-dealkylation sites (tertiary alicyclic amines) is 1. The first kappa shape index (κ1) is 17.8. The van der Waals surface area contributed by atoms with E-state index in [0.717, 1.165) is 23.1 Å². The Balaban J connectivity index is 1.32. The van der Waals surface area contributed by atoms with Crippen molar-refractivity contribution in [3.05, 3.63) is 65.2 Å². The van der Waals surface area contributed by atoms with Crippen molar-refractivity contribution in [1.82, 2.24) is 14.8 Å². The van der Waals surface area contributed by atoms with Gasteiger partial charge in [0, 0.05) is 24.6 Å². The monoisotopic (exact) mass is 392 g/mol. The topological polar surface area (TPSA) is 65.5 Å². The first-order valence-electron chi connectivity index (χ1n) is 9.75. The first-order chi connectivity index (χ1) is 14.0. The van der Waals surface area contributed by atoms with E-state index in [1.807, 2.05) is 24.2 Å². The smallest absolute Gasteiger partial charge is 0.322 e. The fourth-order valence-electron chi connectivity index (χ4n) is 4.59. The molecule has 148 valence electrons. The van der Waals surface area contributed by atoms with Crippen LogP contribution in [0.3, 0.4) is 0 Å². The Kier molecular flexibility index (Phi) is 4.12. The maximum atomic E-state index is 13.5. The molecule has 1 fully saturated rings. The first-order valence-corrected chi connectivity index (χ1v) is 9.75. The molecule has 7 heteroatoms. The Morgan fingerprint density at radius 2 is 2.17 bits per heavy atom. The molecule has 29 heavy (non-hydrogen) atoms. The summed E-state index contributed by atoms with van der Waals surface area (Å²) in [4.78, 5) is 33.1. The summed E-state index contributed by atoms with van der Waals surface area (Å²) in [7, 11) is 0. The van der Waals surface area contributed by atoms with Gasteiger partial charge in [-0.25, -0.2) is 9.18 Å². The van der Waals surface area contributed by atoms with E-state index < -0.39 is 0 Å². The third kappa shape index (κ3) is 3.16. The maximum Gasteiger partial charge on any atom is 0.322 e. The van der Waals surface area contributed by atoms with Gasteiger partial charge in [-0.05, 0) is 65.8 Å². The molecule has 2 bridgehead atoms. The summed E-state index contributed by atoms with van der Waals surface area (Å²) >= 11 is 0. The number of nitrogens with zero attached hydrogens (tertiary/aromatic N) is 3. The largest absolute Gasteiger partial charge is 0.333 e. The molecule has 2 aliphatic heterocycles. The summed E-state index contributed by atoms with van der Waals surface area (Å²) in [6, 6.07) is 6.04. The van der Waals surface area contributed by atoms with Crippen molar-refractivity contribution in [3.63, 3.8) is 0 Å². The normalized spacial score (nSPS) is 22.4. The molecule has 3 aliphatic rings. The molecule has 3 heterocycles. The Labute approximate surface area is 168 Å². The van der Waals surface area contributed by atoms with Gasteiger partial charge in [0.05, 0.1) is 12.6 Å². The van der Waals surface area contributed by atoms with Gasteiger partial charge in [0.1, 0.15) is 12.4 Å². The number of benzene rings is 1. The molecular formula is C22H21FN4O2. The van der Waals surface area contributed by atoms with Crippen molar-refractivity contribution in [2.24, 2.45) is 5.92 Å². The van der Waals surface area contributed by atoms with Crippen LogP contribution in [-0.2, 0) is 11.3 Å². The van der Waals surface area contributed by atoms with Gasteiger partial charge in [0.15, 0.2) is 0 Å². The van der Waals surface area contributed by atoms with Gasteiger partial charge in [-0.1, -0.05) is 6.08 Å². The second kappa shape index (κ2) is 6.69. The van der Waals surface area contributed by atoms with Crippen LogP contribution in [0.4, 0.5) is 14.9 Å². The van der Waals surface area contributed by atoms with Gasteiger partial charge in [-0.3, -0.25) is 9.78 Å². The van der Waals surface area contributed by atoms with E-state index in [1.165, 1.54) is 17.0 Å². The number of anilines is 1. The average Bonchev–Trinajstić information content (AvgIpc) is 3.30. The van der Waals surface area contributed by atoms with Crippen LogP contribution in [0.1, 0.15) is 23.1 Å². The van der Waals surface area contributed by atoms with Crippen LogP contribution in [0.5, 0.6) is 0 Å². The second-order valence-electron chi connectivity index (χ2n) is 8.02. The Morgan fingerprint density at radius 3 is 2.97 bits per heavy atom. The summed E-state index contributed by atoms with van der Waals surface area (Å²) in [5.74, 6) is -0.104. The van der Waals surface area contributed by atoms with Gasteiger partial charge >= 0.3 is 6.03 Å². The number of aryl methyl sites for hydroxylation is 1. The van der Waals surface area contributed by atoms with Crippen LogP contribution in [0.2, 0.25) is 0 Å². The highest BCUT2D eigenvalue weighted by molar-refractivity contribution is 5.95. The number of amides is 3. The standard InChI is InChI=1S/C22H21FN4O2/c1-13-4-15(9-24-8-13)18-5-14-6-20(18)27(10-14)21(28)12-26-11-16-7-17(23)2-3-19(16)25-22(26)29/h2-5,7-9,14,20H,6,10-12H2,1H3,(H,25,29)/t14-,20-/m0/s1. The molecule has 1 saturated heterocycles. The molecule has 0 unspecified atom stereocenters. The van der Waals surface area contributed by atoms with Crippen molar-refractivity contribution < 1.29 is 14.0 Å². The van der Waals surface area contributed by atoms with E-state index >= 15 is 0 Å². The third-order valence-electron chi connectivity index (χ3n) is 5.92. The zero-order valence-corrected chi connectivity index (χ0v) is 16.1. The van der Waals surface area contributed by atoms with Gasteiger partial charge < -0.3 is 15.1 Å². The minimum atomic E-state index is -0.357. The molecule has 0 saturated carbocycles. The lowest BCUT2D eigenvalue weighted by molar-refractivity contribution is -0.132. The third-order valence-corrected chi connectivity index (χ3v) is 5.92. The fraction of sp³-hybridized carbons (Fsp3) is 0.318. The number of rotatable bonds is 3. The number of nitrogens with one attached hydrogen (secondary N) is 1. The lowest BCUT2D eigenvalue weighted by Gasteiger charge is -2.33. The molecule has 1 N–H and O–H groups in total. The van der Waals surface area contributed by atoms with Crippen molar-refractivity contribution in [1.29, 1.82) is 0 Å². The number of hydrogen-bond acceptors (Lipinski definition) is 3. The Hall–Kier alpha value is -3.22. The highest BCUT2D eigenvalue weighted by Crippen LogP contribution is 2.41. The van der Waals surface area contributed by atoms with Gasteiger partial charge in [0.25, 0.3) is 0 Å². The van der Waals surface area contributed by atoms with Crippen LogP contribution < -0.4 is 5.32 Å². The molecule has 1 aliphatic carbocycles. The van der Waals surface area contributed by atoms with E-state index in [-0.39, 0.29) is 36.9 Å². The van der Waals surface area contributed by atoms with Crippen molar-refractivity contribution >= 4 is 23.2 Å². The highest BCUT2D eigenvalue weighted by Gasteiger charge is 2.42. The van der Waals surface area contributed by atoms with Crippen LogP contribution in [0.25, 0.3) is 5.57 Å². The number of urea groups is 1. The Bertz CT molecular complexity index is 1050. The summed E-state index contributed by atoms with van der Waals surface area (Å²) in [5, 5.41) is 2.74. The molecule has 0 radical (unpaired) electrons. The van der Waals surface area contributed by atoms with Crippen LogP contribution >= 0.6 is 0 Å². The quantitative estimate of drug-likeness (QED) is 0.873. The van der Waals surface area contributed by atoms with Crippen molar-refractivity contribution in [2.45, 2.75) is 25.9 Å². The molecule has 1 aromatic heterocycles. The lowest BCUT2D eigenvalue weighted by Crippen LogP contribution is -2.48. The van der Waals surface area contributed by atoms with Crippen LogP contribution in [-0.4, -0.2) is 45.9 Å². The van der Waals surface area contributed by atoms with E-state index in [9.17, 15) is 14.0 Å². The number of carbonyl (C=O) groups is 2. The van der Waals surface area contributed by atoms with E-state index in [2.05, 4.69) is 22.4 Å². The summed E-state index contributed by atoms with van der Waals surface area (Å²) in [5.41, 5.74) is 4.54. The van der Waals surface area contributed by atoms with Crippen molar-refractivity contribution in [3.8, 4) is 0 Å². The zero-order chi connectivity index (χ0) is 20.1. The van der Waals surface area contributed by atoms with Gasteiger partial charge in [-0.2, -0.15) is 0 Å². The molecular weight excluding hydrogens is 371 g/mol. The minimum absolute atomic E-state index is 0.0219. The minimum Gasteiger partial charge on any atom is -0.333 e. The second-order valence-corrected chi connectivity index (χ2v) is 8.02. The summed E-state index contributed by atoms with van der Waals surface area (Å²) in [6.07, 6.45) is 6.81. The number of fused-ring (bicyclic) bond motifs is 3. The molecule has 2 aromatic rings. The van der Waals surface area contributed by atoms with E-state index in [1.54, 1.807) is 6.07 Å². The zero-order valence-electron chi connectivity index (χ0n) is 16.1. The van der Waals surface area contributed by atoms with Gasteiger partial charge in [-0.15, -0.1) is 0 Å². The summed E-state index contributed by atoms with van der Waals surface area (Å²) < 4.78 is 13.5. The fourth-order valence-corrected chi connectivity index (χ4v) is 4.59. The number of carbonyl (C=O) groups excluding carboxylic acids is 2. The summed E-state index contributed by atoms with van der Waals surface area (Å²) in [6.45, 7) is 2.87. The van der Waals surface area contributed by atoms with Crippen LogP contribution in [0.15, 0.2) is 42.7 Å². The van der Waals surface area contributed by atoms with Crippen molar-refractivity contribution in [2.75, 3.05) is 18.4 Å². The van der Waals surface area contributed by atoms with Crippen LogP contribution in [0, 0.1) is 18.7 Å².